The first-order valence-electron chi connectivity index (χ1n) is 17.5. The number of esters is 2. The number of quaternary nitrogens is 1. The molecule has 2 atom stereocenters. The van der Waals surface area contributed by atoms with Crippen molar-refractivity contribution >= 4 is 17.9 Å². The molecule has 0 aromatic carbocycles. The molecule has 8 nitrogen and oxygen atoms in total. The number of aliphatic carboxylic acids is 1. The average molecular weight is 658 g/mol. The normalized spacial score (nSPS) is 14.0. The Morgan fingerprint density at radius 1 is 0.660 bits per heavy atom. The highest BCUT2D eigenvalue weighted by Crippen LogP contribution is 2.09. The largest absolute Gasteiger partial charge is 0.544 e. The minimum Gasteiger partial charge on any atom is -0.544 e. The van der Waals surface area contributed by atoms with E-state index in [2.05, 4.69) is 68.5 Å². The van der Waals surface area contributed by atoms with Crippen LogP contribution in [0.5, 0.6) is 0 Å². The average Bonchev–Trinajstić information content (AvgIpc) is 3.01. The predicted octanol–water partition coefficient (Wildman–Crippen LogP) is 7.12. The maximum absolute atomic E-state index is 12.5. The quantitative estimate of drug-likeness (QED) is 0.0365. The van der Waals surface area contributed by atoms with Crippen molar-refractivity contribution in [2.45, 2.75) is 116 Å². The lowest BCUT2D eigenvalue weighted by Gasteiger charge is -2.34. The molecule has 2 unspecified atom stereocenters. The molecule has 0 N–H and O–H groups in total. The Balaban J connectivity index is 4.57. The molecule has 47 heavy (non-hydrogen) atoms. The van der Waals surface area contributed by atoms with Crippen LogP contribution in [0.3, 0.4) is 0 Å². The molecule has 0 fully saturated rings. The van der Waals surface area contributed by atoms with Gasteiger partial charge in [0.2, 0.25) is 0 Å². The first-order valence-corrected chi connectivity index (χ1v) is 17.5. The smallest absolute Gasteiger partial charge is 0.306 e. The Morgan fingerprint density at radius 2 is 1.17 bits per heavy atom. The maximum atomic E-state index is 12.5. The topological polar surface area (TPSA) is 102 Å². The van der Waals surface area contributed by atoms with Crippen LogP contribution < -0.4 is 5.11 Å². The molecule has 8 heteroatoms. The molecule has 0 aliphatic heterocycles. The highest BCUT2D eigenvalue weighted by molar-refractivity contribution is 5.70. The molecule has 0 heterocycles. The third-order valence-corrected chi connectivity index (χ3v) is 7.10. The van der Waals surface area contributed by atoms with Gasteiger partial charge in [-0.05, 0) is 57.8 Å². The number of carbonyl (C=O) groups excluding carboxylic acids is 3. The van der Waals surface area contributed by atoms with Crippen molar-refractivity contribution in [1.82, 2.24) is 0 Å². The van der Waals surface area contributed by atoms with E-state index >= 15 is 0 Å². The number of carboxylic acid groups (broad SMARTS) is 1. The molecule has 266 valence electrons. The summed E-state index contributed by atoms with van der Waals surface area (Å²) in [5.41, 5.74) is 0. The van der Waals surface area contributed by atoms with Gasteiger partial charge >= 0.3 is 11.9 Å². The van der Waals surface area contributed by atoms with E-state index in [0.717, 1.165) is 44.9 Å². The first-order chi connectivity index (χ1) is 22.6. The number of allylic oxidation sites excluding steroid dienone is 12. The predicted molar refractivity (Wildman–Crippen MR) is 189 cm³/mol. The molecule has 0 saturated carbocycles. The summed E-state index contributed by atoms with van der Waals surface area (Å²) in [7, 11) is 5.34. The Kier molecular flexibility index (Phi) is 28.1. The fourth-order valence-electron chi connectivity index (χ4n) is 4.37. The molecule has 0 spiro atoms. The number of unbranched alkanes of at least 4 members (excludes halogenated alkanes) is 3. The third kappa shape index (κ3) is 28.7. The summed E-state index contributed by atoms with van der Waals surface area (Å²) in [6.45, 7) is 4.31. The van der Waals surface area contributed by atoms with Gasteiger partial charge in [-0.1, -0.05) is 99.6 Å². The summed E-state index contributed by atoms with van der Waals surface area (Å²) in [4.78, 5) is 36.3. The van der Waals surface area contributed by atoms with Gasteiger partial charge in [-0.25, -0.2) is 0 Å². The van der Waals surface area contributed by atoms with Crippen LogP contribution in [0.25, 0.3) is 0 Å². The van der Waals surface area contributed by atoms with Crippen molar-refractivity contribution in [3.8, 4) is 0 Å². The van der Waals surface area contributed by atoms with Crippen molar-refractivity contribution < 1.29 is 38.2 Å². The molecule has 0 aromatic rings. The molecule has 0 rings (SSSR count). The van der Waals surface area contributed by atoms with Crippen molar-refractivity contribution in [3.63, 3.8) is 0 Å². The van der Waals surface area contributed by atoms with E-state index in [9.17, 15) is 19.5 Å². The van der Waals surface area contributed by atoms with Crippen LogP contribution in [0.1, 0.15) is 104 Å². The van der Waals surface area contributed by atoms with Crippen molar-refractivity contribution in [3.05, 3.63) is 72.9 Å². The van der Waals surface area contributed by atoms with E-state index in [1.54, 1.807) is 21.1 Å². The fourth-order valence-corrected chi connectivity index (χ4v) is 4.37. The van der Waals surface area contributed by atoms with Crippen LogP contribution in [0.15, 0.2) is 72.9 Å². The van der Waals surface area contributed by atoms with Gasteiger partial charge in [0.15, 0.2) is 6.10 Å². The summed E-state index contributed by atoms with van der Waals surface area (Å²) in [5.74, 6) is -1.93. The minimum atomic E-state index is -1.15. The van der Waals surface area contributed by atoms with Crippen LogP contribution in [-0.4, -0.2) is 75.5 Å². The molecular formula is C39H63NO7. The highest BCUT2D eigenvalue weighted by Gasteiger charge is 2.25. The second kappa shape index (κ2) is 30.1. The number of ether oxygens (including phenoxy) is 3. The van der Waals surface area contributed by atoms with Crippen molar-refractivity contribution in [2.75, 3.05) is 41.0 Å². The molecule has 0 aliphatic rings. The monoisotopic (exact) mass is 657 g/mol. The van der Waals surface area contributed by atoms with Crippen LogP contribution in [0.4, 0.5) is 0 Å². The van der Waals surface area contributed by atoms with Crippen LogP contribution in [0.2, 0.25) is 0 Å². The van der Waals surface area contributed by atoms with Crippen LogP contribution in [-0.2, 0) is 28.6 Å². The number of nitrogens with zero attached hydrogens (tertiary/aromatic N) is 1. The Hall–Kier alpha value is -3.23. The van der Waals surface area contributed by atoms with Crippen LogP contribution in [0, 0.1) is 0 Å². The van der Waals surface area contributed by atoms with E-state index in [0.29, 0.717) is 12.8 Å². The van der Waals surface area contributed by atoms with Gasteiger partial charge in [-0.2, -0.15) is 0 Å². The Labute approximate surface area is 285 Å². The first kappa shape index (κ1) is 43.8. The minimum absolute atomic E-state index is 0.00242. The second-order valence-electron chi connectivity index (χ2n) is 12.4. The summed E-state index contributed by atoms with van der Waals surface area (Å²) in [5, 5.41) is 11.5. The zero-order valence-corrected chi connectivity index (χ0v) is 29.9. The SMILES string of the molecule is CC/C=C/C/C=C/C/C=C/C/C=C/C/C=C/CCC(=O)OCC(COCCC(C(=O)[O-])[N+](C)(C)C)OC(=O)CC/C=C/CCCCC. The number of hydrogen-bond donors (Lipinski definition) is 0. The van der Waals surface area contributed by atoms with Gasteiger partial charge in [-0.3, -0.25) is 9.59 Å². The van der Waals surface area contributed by atoms with Gasteiger partial charge in [0.25, 0.3) is 0 Å². The fraction of sp³-hybridized carbons (Fsp3) is 0.615. The number of rotatable bonds is 29. The third-order valence-electron chi connectivity index (χ3n) is 7.10. The lowest BCUT2D eigenvalue weighted by Crippen LogP contribution is -2.55. The van der Waals surface area contributed by atoms with E-state index in [1.807, 2.05) is 18.2 Å². The molecule has 0 aromatic heterocycles. The molecule has 0 radical (unpaired) electrons. The zero-order valence-electron chi connectivity index (χ0n) is 29.9. The number of likely N-dealkylation sites (N-methyl/N-ethyl adjacent to an activating group) is 1. The van der Waals surface area contributed by atoms with E-state index in [-0.39, 0.29) is 49.5 Å². The second-order valence-corrected chi connectivity index (χ2v) is 12.4. The Bertz CT molecular complexity index is 1000. The van der Waals surface area contributed by atoms with E-state index in [1.165, 1.54) is 12.8 Å². The molecule has 0 aliphatic carbocycles. The number of carboxylic acids is 1. The summed E-state index contributed by atoms with van der Waals surface area (Å²) < 4.78 is 16.8. The zero-order chi connectivity index (χ0) is 35.0. The van der Waals surface area contributed by atoms with Crippen LogP contribution >= 0.6 is 0 Å². The van der Waals surface area contributed by atoms with E-state index < -0.39 is 24.1 Å². The number of carbonyl (C=O) groups is 3. The molecule has 0 amide bonds. The van der Waals surface area contributed by atoms with Gasteiger partial charge < -0.3 is 28.6 Å². The van der Waals surface area contributed by atoms with Gasteiger partial charge in [0.05, 0.1) is 40.3 Å². The standard InChI is InChI=1S/C39H63NO7/c1-6-8-10-12-14-15-16-17-18-19-20-21-22-24-25-27-29-37(41)46-34-35(33-45-32-31-36(39(43)44)40(3,4)5)47-38(42)30-28-26-23-13-11-9-7-2/h8,10,14-15,17-18,20-21,23-26,35-36H,6-7,9,11-13,16,19,22,27-34H2,1-5H3/b10-8+,15-14+,18-17+,21-20+,25-24+,26-23+. The van der Waals surface area contributed by atoms with Gasteiger partial charge in [0, 0.05) is 19.3 Å². The molecule has 0 saturated heterocycles. The van der Waals surface area contributed by atoms with Gasteiger partial charge in [-0.15, -0.1) is 0 Å². The lowest BCUT2D eigenvalue weighted by molar-refractivity contribution is -0.889. The maximum Gasteiger partial charge on any atom is 0.306 e. The van der Waals surface area contributed by atoms with E-state index in [4.69, 9.17) is 14.2 Å². The molecular weight excluding hydrogens is 594 g/mol. The van der Waals surface area contributed by atoms with Crippen molar-refractivity contribution in [2.24, 2.45) is 0 Å². The lowest BCUT2D eigenvalue weighted by atomic mass is 10.1. The highest BCUT2D eigenvalue weighted by atomic mass is 16.6. The van der Waals surface area contributed by atoms with Crippen molar-refractivity contribution in [1.29, 1.82) is 0 Å². The summed E-state index contributed by atoms with van der Waals surface area (Å²) >= 11 is 0. The van der Waals surface area contributed by atoms with Gasteiger partial charge in [0.1, 0.15) is 12.6 Å². The summed E-state index contributed by atoms with van der Waals surface area (Å²) in [6.07, 6.45) is 35.5. The summed E-state index contributed by atoms with van der Waals surface area (Å²) in [6, 6.07) is -0.742. The molecule has 0 bridgehead atoms. The Morgan fingerprint density at radius 3 is 1.70 bits per heavy atom. The number of hydrogen-bond acceptors (Lipinski definition) is 7.